The molecule has 20 heavy (non-hydrogen) atoms. The lowest BCUT2D eigenvalue weighted by Gasteiger charge is -2.10. The molecular formula is C10H7Cl2FN4O2S. The minimum absolute atomic E-state index is 0.0959. The Balaban J connectivity index is 2.46. The fraction of sp³-hybridized carbons (Fsp3) is 0. The molecule has 106 valence electrons. The predicted octanol–water partition coefficient (Wildman–Crippen LogP) is 2.31. The standard InChI is InChI=1S/C10H7Cl2FN4O2S/c11-8-9(12)15-4-16-10(8)17-20(18,19)7-3-5(14)1-2-6(7)13/h1-4H,14H2,(H,15,16,17). The van der Waals surface area contributed by atoms with Crippen molar-refractivity contribution < 1.29 is 12.8 Å². The molecule has 0 saturated heterocycles. The molecular weight excluding hydrogens is 330 g/mol. The van der Waals surface area contributed by atoms with Gasteiger partial charge in [-0.15, -0.1) is 0 Å². The molecule has 0 fully saturated rings. The largest absolute Gasteiger partial charge is 0.399 e. The number of anilines is 2. The van der Waals surface area contributed by atoms with Crippen molar-refractivity contribution >= 4 is 44.7 Å². The zero-order valence-electron chi connectivity index (χ0n) is 9.64. The molecule has 0 aliphatic heterocycles. The number of halogens is 3. The van der Waals surface area contributed by atoms with Crippen LogP contribution in [0.2, 0.25) is 10.2 Å². The monoisotopic (exact) mass is 336 g/mol. The van der Waals surface area contributed by atoms with Gasteiger partial charge in [0.25, 0.3) is 10.0 Å². The van der Waals surface area contributed by atoms with Crippen LogP contribution >= 0.6 is 23.2 Å². The molecule has 0 aliphatic carbocycles. The maximum absolute atomic E-state index is 13.6. The quantitative estimate of drug-likeness (QED) is 0.662. The van der Waals surface area contributed by atoms with Gasteiger partial charge >= 0.3 is 0 Å². The van der Waals surface area contributed by atoms with E-state index in [2.05, 4.69) is 9.97 Å². The fourth-order valence-corrected chi connectivity index (χ4v) is 2.80. The van der Waals surface area contributed by atoms with Crippen molar-refractivity contribution in [3.63, 3.8) is 0 Å². The highest BCUT2D eigenvalue weighted by Crippen LogP contribution is 2.28. The molecule has 6 nitrogen and oxygen atoms in total. The summed E-state index contributed by atoms with van der Waals surface area (Å²) < 4.78 is 39.7. The summed E-state index contributed by atoms with van der Waals surface area (Å²) in [5.41, 5.74) is 5.54. The van der Waals surface area contributed by atoms with Crippen LogP contribution in [0, 0.1) is 5.82 Å². The van der Waals surface area contributed by atoms with Gasteiger partial charge in [-0.3, -0.25) is 4.72 Å². The lowest BCUT2D eigenvalue weighted by Crippen LogP contribution is -2.16. The summed E-state index contributed by atoms with van der Waals surface area (Å²) in [6.07, 6.45) is 1.02. The number of benzene rings is 1. The molecule has 0 aliphatic rings. The fourth-order valence-electron chi connectivity index (χ4n) is 1.33. The van der Waals surface area contributed by atoms with E-state index in [4.69, 9.17) is 28.9 Å². The summed E-state index contributed by atoms with van der Waals surface area (Å²) in [7, 11) is -4.24. The molecule has 1 aromatic heterocycles. The third kappa shape index (κ3) is 2.92. The number of nitrogen functional groups attached to an aromatic ring is 1. The van der Waals surface area contributed by atoms with E-state index in [0.717, 1.165) is 18.5 Å². The normalized spacial score (nSPS) is 11.3. The molecule has 1 heterocycles. The van der Waals surface area contributed by atoms with Crippen LogP contribution in [0.1, 0.15) is 0 Å². The Morgan fingerprint density at radius 1 is 1.25 bits per heavy atom. The summed E-state index contributed by atoms with van der Waals surface area (Å²) in [4.78, 5) is 6.58. The van der Waals surface area contributed by atoms with Gasteiger partial charge in [0, 0.05) is 5.69 Å². The van der Waals surface area contributed by atoms with E-state index in [9.17, 15) is 12.8 Å². The zero-order chi connectivity index (χ0) is 14.9. The second-order valence-corrected chi connectivity index (χ2v) is 6.01. The van der Waals surface area contributed by atoms with Gasteiger partial charge in [0.05, 0.1) is 0 Å². The molecule has 0 radical (unpaired) electrons. The van der Waals surface area contributed by atoms with Crippen molar-refractivity contribution in [2.24, 2.45) is 0 Å². The van der Waals surface area contributed by atoms with Crippen LogP contribution in [0.4, 0.5) is 15.9 Å². The summed E-state index contributed by atoms with van der Waals surface area (Å²) in [6.45, 7) is 0. The molecule has 0 amide bonds. The molecule has 2 rings (SSSR count). The molecule has 0 atom stereocenters. The topological polar surface area (TPSA) is 98.0 Å². The second kappa shape index (κ2) is 5.39. The highest BCUT2D eigenvalue weighted by Gasteiger charge is 2.22. The van der Waals surface area contributed by atoms with E-state index in [0.29, 0.717) is 0 Å². The van der Waals surface area contributed by atoms with E-state index in [1.54, 1.807) is 0 Å². The molecule has 0 spiro atoms. The first kappa shape index (κ1) is 14.8. The Morgan fingerprint density at radius 2 is 1.95 bits per heavy atom. The molecule has 0 saturated carbocycles. The molecule has 0 unspecified atom stereocenters. The molecule has 3 N–H and O–H groups in total. The number of nitrogens with two attached hydrogens (primary N) is 1. The highest BCUT2D eigenvalue weighted by molar-refractivity contribution is 7.92. The Bertz CT molecular complexity index is 770. The van der Waals surface area contributed by atoms with Crippen molar-refractivity contribution in [1.29, 1.82) is 0 Å². The number of hydrogen-bond donors (Lipinski definition) is 2. The number of rotatable bonds is 3. The van der Waals surface area contributed by atoms with Crippen molar-refractivity contribution in [1.82, 2.24) is 9.97 Å². The van der Waals surface area contributed by atoms with Crippen LogP contribution in [-0.2, 0) is 10.0 Å². The third-order valence-corrected chi connectivity index (χ3v) is 4.32. The molecule has 2 aromatic rings. The van der Waals surface area contributed by atoms with Gasteiger partial charge in [0.1, 0.15) is 22.1 Å². The Hall–Kier alpha value is -1.64. The van der Waals surface area contributed by atoms with Crippen LogP contribution in [-0.4, -0.2) is 18.4 Å². The average Bonchev–Trinajstić information content (AvgIpc) is 2.37. The average molecular weight is 337 g/mol. The van der Waals surface area contributed by atoms with Crippen LogP contribution in [0.15, 0.2) is 29.4 Å². The number of hydrogen-bond acceptors (Lipinski definition) is 5. The first-order valence-electron chi connectivity index (χ1n) is 5.05. The minimum atomic E-state index is -4.24. The van der Waals surface area contributed by atoms with Gasteiger partial charge < -0.3 is 5.73 Å². The van der Waals surface area contributed by atoms with Crippen LogP contribution in [0.25, 0.3) is 0 Å². The first-order valence-corrected chi connectivity index (χ1v) is 7.29. The van der Waals surface area contributed by atoms with Gasteiger partial charge in [0.2, 0.25) is 0 Å². The Labute approximate surface area is 123 Å². The summed E-state index contributed by atoms with van der Waals surface area (Å²) >= 11 is 11.4. The minimum Gasteiger partial charge on any atom is -0.399 e. The molecule has 0 bridgehead atoms. The summed E-state index contributed by atoms with van der Waals surface area (Å²) in [5, 5.41) is -0.325. The van der Waals surface area contributed by atoms with Crippen LogP contribution < -0.4 is 10.5 Å². The van der Waals surface area contributed by atoms with Gasteiger partial charge in [-0.2, -0.15) is 0 Å². The van der Waals surface area contributed by atoms with Crippen LogP contribution in [0.3, 0.4) is 0 Å². The van der Waals surface area contributed by atoms with Gasteiger partial charge in [-0.1, -0.05) is 23.2 Å². The summed E-state index contributed by atoms with van der Waals surface area (Å²) in [6, 6.07) is 3.16. The maximum atomic E-state index is 13.6. The third-order valence-electron chi connectivity index (χ3n) is 2.22. The van der Waals surface area contributed by atoms with Crippen molar-refractivity contribution in [3.8, 4) is 0 Å². The van der Waals surface area contributed by atoms with E-state index in [1.165, 1.54) is 6.07 Å². The van der Waals surface area contributed by atoms with Crippen molar-refractivity contribution in [3.05, 3.63) is 40.5 Å². The van der Waals surface area contributed by atoms with E-state index >= 15 is 0 Å². The lowest BCUT2D eigenvalue weighted by atomic mass is 10.3. The number of nitrogens with zero attached hydrogens (tertiary/aromatic N) is 2. The van der Waals surface area contributed by atoms with Gasteiger partial charge in [-0.05, 0) is 18.2 Å². The predicted molar refractivity (Wildman–Crippen MR) is 73.7 cm³/mol. The Morgan fingerprint density at radius 3 is 2.65 bits per heavy atom. The number of nitrogens with one attached hydrogen (secondary N) is 1. The van der Waals surface area contributed by atoms with E-state index in [-0.39, 0.29) is 21.7 Å². The smallest absolute Gasteiger partial charge is 0.266 e. The molecule has 10 heteroatoms. The van der Waals surface area contributed by atoms with Gasteiger partial charge in [-0.25, -0.2) is 22.8 Å². The second-order valence-electron chi connectivity index (χ2n) is 3.62. The Kier molecular flexibility index (Phi) is 3.98. The van der Waals surface area contributed by atoms with E-state index in [1.807, 2.05) is 4.72 Å². The highest BCUT2D eigenvalue weighted by atomic mass is 35.5. The number of sulfonamides is 1. The van der Waals surface area contributed by atoms with Gasteiger partial charge in [0.15, 0.2) is 11.0 Å². The van der Waals surface area contributed by atoms with Crippen molar-refractivity contribution in [2.45, 2.75) is 4.90 Å². The van der Waals surface area contributed by atoms with Crippen molar-refractivity contribution in [2.75, 3.05) is 10.5 Å². The SMILES string of the molecule is Nc1ccc(F)c(S(=O)(=O)Nc2ncnc(Cl)c2Cl)c1. The maximum Gasteiger partial charge on any atom is 0.266 e. The zero-order valence-corrected chi connectivity index (χ0v) is 12.0. The number of aromatic nitrogens is 2. The van der Waals surface area contributed by atoms with Crippen LogP contribution in [0.5, 0.6) is 0 Å². The summed E-state index contributed by atoms with van der Waals surface area (Å²) in [5.74, 6) is -1.21. The first-order chi connectivity index (χ1) is 9.31. The lowest BCUT2D eigenvalue weighted by molar-refractivity contribution is 0.570. The van der Waals surface area contributed by atoms with E-state index < -0.39 is 20.7 Å². The molecule has 1 aromatic carbocycles.